The number of hydrogen-bond donors (Lipinski definition) is 2. The summed E-state index contributed by atoms with van der Waals surface area (Å²) < 4.78 is 0. The molecule has 0 aromatic heterocycles. The number of primary amides is 1. The van der Waals surface area contributed by atoms with E-state index in [-0.39, 0.29) is 5.91 Å². The molecule has 96 valence electrons. The fourth-order valence-corrected chi connectivity index (χ4v) is 2.33. The third-order valence-corrected chi connectivity index (χ3v) is 3.35. The van der Waals surface area contributed by atoms with Crippen LogP contribution in [0.25, 0.3) is 0 Å². The lowest BCUT2D eigenvalue weighted by Crippen LogP contribution is -2.33. The summed E-state index contributed by atoms with van der Waals surface area (Å²) in [5.74, 6) is -0.284. The van der Waals surface area contributed by atoms with Crippen molar-refractivity contribution in [2.45, 2.75) is 18.9 Å². The van der Waals surface area contributed by atoms with Crippen molar-refractivity contribution in [2.75, 3.05) is 19.0 Å². The Morgan fingerprint density at radius 2 is 2.17 bits per heavy atom. The predicted octanol–water partition coefficient (Wildman–Crippen LogP) is 0.341. The molecule has 1 aromatic rings. The lowest BCUT2D eigenvalue weighted by molar-refractivity contribution is -0.120. The summed E-state index contributed by atoms with van der Waals surface area (Å²) in [6.07, 6.45) is 1.22. The highest BCUT2D eigenvalue weighted by Crippen LogP contribution is 2.29. The second kappa shape index (κ2) is 4.78. The molecular formula is C13H17N3O2. The third kappa shape index (κ3) is 2.09. The second-order valence-corrected chi connectivity index (χ2v) is 4.46. The molecule has 0 radical (unpaired) electrons. The molecule has 0 spiro atoms. The molecule has 0 bridgehead atoms. The Morgan fingerprint density at radius 3 is 2.78 bits per heavy atom. The van der Waals surface area contributed by atoms with E-state index in [9.17, 15) is 9.59 Å². The molecule has 1 heterocycles. The largest absolute Gasteiger partial charge is 0.368 e. The third-order valence-electron chi connectivity index (χ3n) is 3.35. The minimum absolute atomic E-state index is 0.121. The molecule has 1 unspecified atom stereocenters. The van der Waals surface area contributed by atoms with Gasteiger partial charge in [-0.1, -0.05) is 12.1 Å². The Labute approximate surface area is 106 Å². The molecule has 1 aromatic carbocycles. The summed E-state index contributed by atoms with van der Waals surface area (Å²) in [5, 5.41) is 2.89. The predicted molar refractivity (Wildman–Crippen MR) is 69.2 cm³/mol. The Morgan fingerprint density at radius 1 is 1.44 bits per heavy atom. The molecule has 0 aliphatic carbocycles. The van der Waals surface area contributed by atoms with Crippen molar-refractivity contribution in [1.82, 2.24) is 5.32 Å². The summed E-state index contributed by atoms with van der Waals surface area (Å²) >= 11 is 0. The Hall–Kier alpha value is -1.88. The van der Waals surface area contributed by atoms with Gasteiger partial charge in [-0.15, -0.1) is 0 Å². The fraction of sp³-hybridized carbons (Fsp3) is 0.385. The Kier molecular flexibility index (Phi) is 3.34. The fourth-order valence-electron chi connectivity index (χ4n) is 2.33. The maximum absolute atomic E-state index is 11.6. The van der Waals surface area contributed by atoms with Gasteiger partial charge in [0.25, 0.3) is 0 Å². The smallest absolute Gasteiger partial charge is 0.239 e. The first-order valence-corrected chi connectivity index (χ1v) is 5.90. The van der Waals surface area contributed by atoms with E-state index < -0.39 is 11.9 Å². The van der Waals surface area contributed by atoms with E-state index in [1.54, 1.807) is 19.0 Å². The van der Waals surface area contributed by atoms with Crippen molar-refractivity contribution in [3.8, 4) is 0 Å². The zero-order chi connectivity index (χ0) is 13.3. The van der Waals surface area contributed by atoms with Gasteiger partial charge >= 0.3 is 0 Å². The van der Waals surface area contributed by atoms with Crippen LogP contribution >= 0.6 is 0 Å². The molecule has 0 fully saturated rings. The van der Waals surface area contributed by atoms with Crippen LogP contribution in [-0.4, -0.2) is 25.9 Å². The SMILES string of the molecule is CNC(C(N)=O)c1ccc2c(c1)CCC(=O)N2C. The molecule has 1 atom stereocenters. The minimum atomic E-state index is -0.488. The standard InChI is InChI=1S/C13H17N3O2/c1-15-12(13(14)18)9-3-5-10-8(7-9)4-6-11(17)16(10)2/h3,5,7,12,15H,4,6H2,1-2H3,(H2,14,18). The Balaban J connectivity index is 2.39. The van der Waals surface area contributed by atoms with E-state index in [4.69, 9.17) is 5.73 Å². The van der Waals surface area contributed by atoms with Crippen molar-refractivity contribution in [3.63, 3.8) is 0 Å². The number of carbonyl (C=O) groups excluding carboxylic acids is 2. The van der Waals surface area contributed by atoms with Crippen molar-refractivity contribution in [1.29, 1.82) is 0 Å². The van der Waals surface area contributed by atoms with Crippen LogP contribution in [0, 0.1) is 0 Å². The molecule has 2 amide bonds. The molecule has 3 N–H and O–H groups in total. The number of aryl methyl sites for hydroxylation is 1. The van der Waals surface area contributed by atoms with Gasteiger partial charge < -0.3 is 16.0 Å². The molecule has 1 aliphatic heterocycles. The van der Waals surface area contributed by atoms with E-state index in [1.165, 1.54) is 0 Å². The second-order valence-electron chi connectivity index (χ2n) is 4.46. The topological polar surface area (TPSA) is 75.4 Å². The number of nitrogens with zero attached hydrogens (tertiary/aromatic N) is 1. The van der Waals surface area contributed by atoms with Crippen LogP contribution in [-0.2, 0) is 16.0 Å². The number of rotatable bonds is 3. The van der Waals surface area contributed by atoms with Crippen molar-refractivity contribution >= 4 is 17.5 Å². The van der Waals surface area contributed by atoms with E-state index in [2.05, 4.69) is 5.32 Å². The molecule has 5 heteroatoms. The highest BCUT2D eigenvalue weighted by molar-refractivity contribution is 5.96. The van der Waals surface area contributed by atoms with Gasteiger partial charge in [0.05, 0.1) is 0 Å². The summed E-state index contributed by atoms with van der Waals surface area (Å²) in [6, 6.07) is 5.16. The van der Waals surface area contributed by atoms with Gasteiger partial charge in [-0.3, -0.25) is 9.59 Å². The number of benzene rings is 1. The first-order chi connectivity index (χ1) is 8.54. The van der Waals surface area contributed by atoms with Crippen LogP contribution in [0.15, 0.2) is 18.2 Å². The van der Waals surface area contributed by atoms with Gasteiger partial charge in [-0.2, -0.15) is 0 Å². The zero-order valence-electron chi connectivity index (χ0n) is 10.6. The lowest BCUT2D eigenvalue weighted by Gasteiger charge is -2.27. The summed E-state index contributed by atoms with van der Waals surface area (Å²) in [7, 11) is 3.47. The maximum Gasteiger partial charge on any atom is 0.239 e. The number of amides is 2. The minimum Gasteiger partial charge on any atom is -0.368 e. The molecule has 5 nitrogen and oxygen atoms in total. The Bertz CT molecular complexity index is 499. The lowest BCUT2D eigenvalue weighted by atomic mass is 9.96. The van der Waals surface area contributed by atoms with Crippen LogP contribution in [0.2, 0.25) is 0 Å². The molecular weight excluding hydrogens is 230 g/mol. The van der Waals surface area contributed by atoms with Crippen molar-refractivity contribution < 1.29 is 9.59 Å². The summed E-state index contributed by atoms with van der Waals surface area (Å²) in [4.78, 5) is 24.5. The maximum atomic E-state index is 11.6. The number of anilines is 1. The van der Waals surface area contributed by atoms with Crippen LogP contribution in [0.3, 0.4) is 0 Å². The average molecular weight is 247 g/mol. The van der Waals surface area contributed by atoms with E-state index in [0.717, 1.165) is 16.8 Å². The summed E-state index contributed by atoms with van der Waals surface area (Å²) in [6.45, 7) is 0. The van der Waals surface area contributed by atoms with E-state index in [0.29, 0.717) is 12.8 Å². The number of nitrogens with two attached hydrogens (primary N) is 1. The first-order valence-electron chi connectivity index (χ1n) is 5.90. The van der Waals surface area contributed by atoms with Gasteiger partial charge in [0.15, 0.2) is 0 Å². The highest BCUT2D eigenvalue weighted by atomic mass is 16.2. The molecule has 0 saturated carbocycles. The zero-order valence-corrected chi connectivity index (χ0v) is 10.6. The van der Waals surface area contributed by atoms with Crippen LogP contribution in [0.1, 0.15) is 23.6 Å². The van der Waals surface area contributed by atoms with Crippen LogP contribution in [0.5, 0.6) is 0 Å². The van der Waals surface area contributed by atoms with Crippen molar-refractivity contribution in [2.24, 2.45) is 5.73 Å². The highest BCUT2D eigenvalue weighted by Gasteiger charge is 2.23. The number of nitrogens with one attached hydrogen (secondary N) is 1. The monoisotopic (exact) mass is 247 g/mol. The van der Waals surface area contributed by atoms with Crippen molar-refractivity contribution in [3.05, 3.63) is 29.3 Å². The number of hydrogen-bond acceptors (Lipinski definition) is 3. The van der Waals surface area contributed by atoms with E-state index in [1.807, 2.05) is 18.2 Å². The van der Waals surface area contributed by atoms with Gasteiger partial charge in [0.2, 0.25) is 11.8 Å². The van der Waals surface area contributed by atoms with Gasteiger partial charge in [-0.05, 0) is 30.7 Å². The normalized spacial score (nSPS) is 16.3. The molecule has 2 rings (SSSR count). The van der Waals surface area contributed by atoms with Crippen LogP contribution in [0.4, 0.5) is 5.69 Å². The molecule has 1 aliphatic rings. The van der Waals surface area contributed by atoms with Crippen LogP contribution < -0.4 is 16.0 Å². The summed E-state index contributed by atoms with van der Waals surface area (Å²) in [5.41, 5.74) is 8.17. The number of carbonyl (C=O) groups is 2. The van der Waals surface area contributed by atoms with Gasteiger partial charge in [0, 0.05) is 19.2 Å². The first kappa shape index (κ1) is 12.6. The van der Waals surface area contributed by atoms with E-state index >= 15 is 0 Å². The quantitative estimate of drug-likeness (QED) is 0.808. The number of likely N-dealkylation sites (N-methyl/N-ethyl adjacent to an activating group) is 1. The van der Waals surface area contributed by atoms with Gasteiger partial charge in [-0.25, -0.2) is 0 Å². The number of fused-ring (bicyclic) bond motifs is 1. The average Bonchev–Trinajstić information content (AvgIpc) is 2.34. The van der Waals surface area contributed by atoms with Gasteiger partial charge in [0.1, 0.15) is 6.04 Å². The molecule has 18 heavy (non-hydrogen) atoms. The molecule has 0 saturated heterocycles.